The van der Waals surface area contributed by atoms with Crippen LogP contribution in [-0.4, -0.2) is 9.84 Å². The molecule has 0 saturated heterocycles. The standard InChI is InChI=1S/C33H29NO4/c1-24(35)29-22-30(36)31(37-32(25-14-6-2-7-15-25)26-16-8-3-9-17-26)23-34(29)38-33(27-18-10-4-11-19-27)28-20-12-5-13-21-28/h2-24,32-33,35H,1H3. The lowest BCUT2D eigenvalue weighted by atomic mass is 10.0. The third-order valence-corrected chi connectivity index (χ3v) is 6.31. The van der Waals surface area contributed by atoms with Crippen LogP contribution in [0.2, 0.25) is 0 Å². The van der Waals surface area contributed by atoms with Gasteiger partial charge >= 0.3 is 0 Å². The molecule has 1 atom stereocenters. The second kappa shape index (κ2) is 11.6. The monoisotopic (exact) mass is 503 g/mol. The molecule has 0 aliphatic carbocycles. The lowest BCUT2D eigenvalue weighted by molar-refractivity contribution is 0.0366. The van der Waals surface area contributed by atoms with Gasteiger partial charge in [0, 0.05) is 6.07 Å². The van der Waals surface area contributed by atoms with E-state index < -0.39 is 18.3 Å². The first-order chi connectivity index (χ1) is 18.6. The summed E-state index contributed by atoms with van der Waals surface area (Å²) in [6.07, 6.45) is -0.399. The van der Waals surface area contributed by atoms with Crippen LogP contribution in [0.25, 0.3) is 0 Å². The van der Waals surface area contributed by atoms with E-state index in [2.05, 4.69) is 0 Å². The fraction of sp³-hybridized carbons (Fsp3) is 0.121. The summed E-state index contributed by atoms with van der Waals surface area (Å²) in [4.78, 5) is 19.7. The molecule has 4 aromatic carbocycles. The fourth-order valence-corrected chi connectivity index (χ4v) is 4.39. The van der Waals surface area contributed by atoms with E-state index >= 15 is 0 Å². The third kappa shape index (κ3) is 5.69. The number of benzene rings is 4. The Hall–Kier alpha value is -4.61. The van der Waals surface area contributed by atoms with Crippen LogP contribution >= 0.6 is 0 Å². The van der Waals surface area contributed by atoms with E-state index in [0.29, 0.717) is 5.69 Å². The number of aliphatic hydroxyl groups is 1. The highest BCUT2D eigenvalue weighted by Gasteiger charge is 2.22. The summed E-state index contributed by atoms with van der Waals surface area (Å²) in [6.45, 7) is 1.60. The van der Waals surface area contributed by atoms with Gasteiger partial charge in [-0.05, 0) is 29.2 Å². The Balaban J connectivity index is 1.57. The predicted octanol–water partition coefficient (Wildman–Crippen LogP) is 6.29. The summed E-state index contributed by atoms with van der Waals surface area (Å²) in [7, 11) is 0. The SMILES string of the molecule is CC(O)c1cc(=O)c(OC(c2ccccc2)c2ccccc2)cn1OC(c1ccccc1)c1ccccc1. The van der Waals surface area contributed by atoms with Crippen LogP contribution in [0.1, 0.15) is 53.2 Å². The molecule has 1 heterocycles. The molecule has 0 aliphatic heterocycles. The van der Waals surface area contributed by atoms with Crippen molar-refractivity contribution in [1.29, 1.82) is 0 Å². The quantitative estimate of drug-likeness (QED) is 0.257. The lowest BCUT2D eigenvalue weighted by Crippen LogP contribution is -2.26. The molecule has 1 N–H and O–H groups in total. The van der Waals surface area contributed by atoms with Gasteiger partial charge in [-0.1, -0.05) is 121 Å². The zero-order chi connectivity index (χ0) is 26.3. The number of aromatic nitrogens is 1. The predicted molar refractivity (Wildman–Crippen MR) is 148 cm³/mol. The largest absolute Gasteiger partial charge is 0.475 e. The van der Waals surface area contributed by atoms with Gasteiger partial charge in [0.2, 0.25) is 5.43 Å². The van der Waals surface area contributed by atoms with Crippen LogP contribution in [0.3, 0.4) is 0 Å². The molecule has 1 aromatic heterocycles. The minimum Gasteiger partial charge on any atom is -0.475 e. The number of ether oxygens (including phenoxy) is 1. The van der Waals surface area contributed by atoms with Crippen LogP contribution in [0, 0.1) is 0 Å². The third-order valence-electron chi connectivity index (χ3n) is 6.31. The van der Waals surface area contributed by atoms with E-state index in [4.69, 9.17) is 9.57 Å². The average molecular weight is 504 g/mol. The Morgan fingerprint density at radius 3 is 1.42 bits per heavy atom. The van der Waals surface area contributed by atoms with Gasteiger partial charge in [-0.3, -0.25) is 4.79 Å². The van der Waals surface area contributed by atoms with Crippen molar-refractivity contribution in [2.45, 2.75) is 25.2 Å². The Kier molecular flexibility index (Phi) is 7.67. The van der Waals surface area contributed by atoms with E-state index in [1.807, 2.05) is 121 Å². The van der Waals surface area contributed by atoms with Gasteiger partial charge < -0.3 is 14.7 Å². The van der Waals surface area contributed by atoms with Crippen molar-refractivity contribution in [1.82, 2.24) is 4.73 Å². The van der Waals surface area contributed by atoms with Crippen LogP contribution in [-0.2, 0) is 0 Å². The van der Waals surface area contributed by atoms with Crippen molar-refractivity contribution in [2.24, 2.45) is 0 Å². The highest BCUT2D eigenvalue weighted by molar-refractivity contribution is 5.34. The number of rotatable bonds is 9. The molecule has 0 saturated carbocycles. The molecule has 1 unspecified atom stereocenters. The van der Waals surface area contributed by atoms with Gasteiger partial charge in [0.15, 0.2) is 11.9 Å². The number of aliphatic hydroxyl groups excluding tert-OH is 1. The van der Waals surface area contributed by atoms with Crippen LogP contribution in [0.5, 0.6) is 5.75 Å². The van der Waals surface area contributed by atoms with E-state index in [1.54, 1.807) is 6.92 Å². The maximum Gasteiger partial charge on any atom is 0.224 e. The maximum absolute atomic E-state index is 13.2. The zero-order valence-electron chi connectivity index (χ0n) is 21.1. The fourth-order valence-electron chi connectivity index (χ4n) is 4.39. The number of hydrogen-bond donors (Lipinski definition) is 1. The van der Waals surface area contributed by atoms with E-state index in [1.165, 1.54) is 17.0 Å². The highest BCUT2D eigenvalue weighted by Crippen LogP contribution is 2.29. The van der Waals surface area contributed by atoms with Gasteiger partial charge in [0.25, 0.3) is 0 Å². The Morgan fingerprint density at radius 1 is 0.632 bits per heavy atom. The molecule has 0 aliphatic rings. The Bertz CT molecular complexity index is 1420. The topological polar surface area (TPSA) is 60.7 Å². The minimum absolute atomic E-state index is 0.118. The summed E-state index contributed by atoms with van der Waals surface area (Å²) < 4.78 is 7.85. The molecular formula is C33H29NO4. The lowest BCUT2D eigenvalue weighted by Gasteiger charge is -2.26. The molecule has 5 nitrogen and oxygen atoms in total. The molecule has 38 heavy (non-hydrogen) atoms. The first-order valence-electron chi connectivity index (χ1n) is 12.6. The summed E-state index contributed by atoms with van der Waals surface area (Å²) in [5, 5.41) is 10.5. The molecule has 5 aromatic rings. The summed E-state index contributed by atoms with van der Waals surface area (Å²) >= 11 is 0. The molecule has 190 valence electrons. The molecule has 0 spiro atoms. The van der Waals surface area contributed by atoms with Crippen molar-refractivity contribution < 1.29 is 14.7 Å². The maximum atomic E-state index is 13.2. The molecule has 0 radical (unpaired) electrons. The molecule has 0 fully saturated rings. The van der Waals surface area contributed by atoms with E-state index in [-0.39, 0.29) is 11.2 Å². The van der Waals surface area contributed by atoms with E-state index in [9.17, 15) is 9.90 Å². The van der Waals surface area contributed by atoms with Gasteiger partial charge in [-0.2, -0.15) is 4.73 Å². The van der Waals surface area contributed by atoms with Crippen molar-refractivity contribution in [3.63, 3.8) is 0 Å². The van der Waals surface area contributed by atoms with E-state index in [0.717, 1.165) is 22.3 Å². The molecule has 0 bridgehead atoms. The number of hydrogen-bond acceptors (Lipinski definition) is 4. The van der Waals surface area contributed by atoms with Crippen LogP contribution in [0.4, 0.5) is 0 Å². The van der Waals surface area contributed by atoms with Crippen molar-refractivity contribution in [2.75, 3.05) is 0 Å². The summed E-state index contributed by atoms with van der Waals surface area (Å²) in [5.41, 5.74) is 3.68. The van der Waals surface area contributed by atoms with Crippen molar-refractivity contribution >= 4 is 0 Å². The summed E-state index contributed by atoms with van der Waals surface area (Å²) in [6, 6.07) is 40.6. The van der Waals surface area contributed by atoms with Gasteiger partial charge in [-0.25, -0.2) is 0 Å². The van der Waals surface area contributed by atoms with Crippen molar-refractivity contribution in [3.05, 3.63) is 172 Å². The Labute approximate surface area is 222 Å². The first-order valence-corrected chi connectivity index (χ1v) is 12.6. The minimum atomic E-state index is -0.942. The number of nitrogens with zero attached hydrogens (tertiary/aromatic N) is 1. The molecule has 5 heteroatoms. The average Bonchev–Trinajstić information content (AvgIpc) is 2.97. The van der Waals surface area contributed by atoms with Crippen LogP contribution < -0.4 is 15.0 Å². The Morgan fingerprint density at radius 2 is 1.03 bits per heavy atom. The number of pyridine rings is 1. The van der Waals surface area contributed by atoms with Crippen molar-refractivity contribution in [3.8, 4) is 5.75 Å². The normalized spacial score (nSPS) is 11.9. The van der Waals surface area contributed by atoms with Crippen LogP contribution in [0.15, 0.2) is 138 Å². The molecular weight excluding hydrogens is 474 g/mol. The highest BCUT2D eigenvalue weighted by atomic mass is 16.7. The second-order valence-corrected chi connectivity index (χ2v) is 9.05. The molecule has 5 rings (SSSR count). The molecule has 0 amide bonds. The van der Waals surface area contributed by atoms with Gasteiger partial charge in [0.1, 0.15) is 6.10 Å². The second-order valence-electron chi connectivity index (χ2n) is 9.05. The van der Waals surface area contributed by atoms with Gasteiger partial charge in [-0.15, -0.1) is 0 Å². The zero-order valence-corrected chi connectivity index (χ0v) is 21.1. The van der Waals surface area contributed by atoms with Gasteiger partial charge in [0.05, 0.1) is 18.0 Å². The summed E-state index contributed by atoms with van der Waals surface area (Å²) in [5.74, 6) is 0.118. The smallest absolute Gasteiger partial charge is 0.224 e. The first kappa shape index (κ1) is 25.1.